The van der Waals surface area contributed by atoms with Gasteiger partial charge in [0.2, 0.25) is 5.91 Å². The Bertz CT molecular complexity index is 967. The molecule has 0 aliphatic rings. The molecule has 31 heavy (non-hydrogen) atoms. The van der Waals surface area contributed by atoms with Crippen molar-refractivity contribution in [1.82, 2.24) is 10.9 Å². The fraction of sp³-hybridized carbons (Fsp3) is 0.286. The predicted octanol–water partition coefficient (Wildman–Crippen LogP) is 3.57. The average molecular weight is 439 g/mol. The number of hydrazine groups is 1. The quantitative estimate of drug-likeness (QED) is 0.512. The van der Waals surface area contributed by atoms with Gasteiger partial charge in [0.15, 0.2) is 0 Å². The lowest BCUT2D eigenvalue weighted by Gasteiger charge is -2.24. The summed E-state index contributed by atoms with van der Waals surface area (Å²) in [7, 11) is 0. The summed E-state index contributed by atoms with van der Waals surface area (Å²) in [6.07, 6.45) is -3.17. The van der Waals surface area contributed by atoms with Crippen LogP contribution in [0.15, 0.2) is 42.5 Å². The number of nitrogens with zero attached hydrogens (tertiary/aromatic N) is 1. The summed E-state index contributed by atoms with van der Waals surface area (Å²) in [5, 5.41) is 0. The number of benzene rings is 2. The zero-order chi connectivity index (χ0) is 23.1. The summed E-state index contributed by atoms with van der Waals surface area (Å²) in [5.41, 5.74) is 3.32. The molecule has 2 aromatic carbocycles. The van der Waals surface area contributed by atoms with Gasteiger partial charge in [-0.25, -0.2) is 8.78 Å². The normalized spacial score (nSPS) is 10.8. The number of halogens is 4. The highest BCUT2D eigenvalue weighted by Crippen LogP contribution is 2.22. The Balaban J connectivity index is 2.22. The fourth-order valence-electron chi connectivity index (χ4n) is 2.66. The molecule has 0 saturated heterocycles. The van der Waals surface area contributed by atoms with Crippen molar-refractivity contribution < 1.29 is 31.9 Å². The van der Waals surface area contributed by atoms with Gasteiger partial charge < -0.3 is 4.90 Å². The van der Waals surface area contributed by atoms with Crippen LogP contribution in [0.2, 0.25) is 0 Å². The summed E-state index contributed by atoms with van der Waals surface area (Å²) < 4.78 is 52.6. The van der Waals surface area contributed by atoms with Gasteiger partial charge in [-0.05, 0) is 36.2 Å². The molecule has 6 nitrogen and oxygen atoms in total. The molecule has 0 saturated carbocycles. The van der Waals surface area contributed by atoms with Crippen molar-refractivity contribution in [2.45, 2.75) is 33.2 Å². The van der Waals surface area contributed by atoms with E-state index in [2.05, 4.69) is 0 Å². The van der Waals surface area contributed by atoms with Crippen molar-refractivity contribution in [1.29, 1.82) is 0 Å². The lowest BCUT2D eigenvalue weighted by molar-refractivity contribution is -0.132. The molecular formula is C21H21F4N3O3. The van der Waals surface area contributed by atoms with E-state index in [-0.39, 0.29) is 41.6 Å². The number of carbonyl (C=O) groups excluding carboxylic acids is 3. The van der Waals surface area contributed by atoms with Gasteiger partial charge in [-0.2, -0.15) is 8.78 Å². The minimum Gasteiger partial charge on any atom is -0.308 e. The number of hydrogen-bond acceptors (Lipinski definition) is 3. The van der Waals surface area contributed by atoms with E-state index in [0.717, 1.165) is 12.1 Å². The molecule has 0 aliphatic carbocycles. The van der Waals surface area contributed by atoms with Gasteiger partial charge in [-0.3, -0.25) is 25.2 Å². The molecule has 0 atom stereocenters. The number of anilines is 1. The van der Waals surface area contributed by atoms with Gasteiger partial charge in [0.05, 0.1) is 6.54 Å². The molecule has 2 rings (SSSR count). The van der Waals surface area contributed by atoms with Crippen LogP contribution < -0.4 is 15.8 Å². The number of rotatable bonds is 7. The highest BCUT2D eigenvalue weighted by atomic mass is 19.3. The van der Waals surface area contributed by atoms with Gasteiger partial charge in [0, 0.05) is 23.2 Å². The van der Waals surface area contributed by atoms with Crippen molar-refractivity contribution in [3.8, 4) is 0 Å². The standard InChI is InChI=1S/C21H21F4N3O3/c1-12(2)8-18(29)28(16-5-3-4-15(22)10-16)11-14-7-6-13(9-17(14)23)20(30)26-27-21(31)19(24)25/h3-7,9-10,12,19H,8,11H2,1-2H3,(H,26,30)(H,27,31). The molecule has 0 heterocycles. The second-order valence-corrected chi connectivity index (χ2v) is 7.11. The molecule has 166 valence electrons. The van der Waals surface area contributed by atoms with E-state index in [1.165, 1.54) is 40.7 Å². The minimum atomic E-state index is -3.32. The maximum atomic E-state index is 14.6. The summed E-state index contributed by atoms with van der Waals surface area (Å²) in [6.45, 7) is 3.45. The van der Waals surface area contributed by atoms with E-state index >= 15 is 0 Å². The lowest BCUT2D eigenvalue weighted by atomic mass is 10.1. The van der Waals surface area contributed by atoms with Crippen molar-refractivity contribution in [2.75, 3.05) is 4.90 Å². The first kappa shape index (κ1) is 23.8. The third-order valence-corrected chi connectivity index (χ3v) is 4.14. The van der Waals surface area contributed by atoms with Crippen LogP contribution in [0.4, 0.5) is 23.2 Å². The van der Waals surface area contributed by atoms with Crippen LogP contribution in [0, 0.1) is 17.6 Å². The predicted molar refractivity (Wildman–Crippen MR) is 105 cm³/mol. The first-order valence-electron chi connectivity index (χ1n) is 9.31. The maximum absolute atomic E-state index is 14.6. The number of nitrogens with one attached hydrogen (secondary N) is 2. The molecule has 0 unspecified atom stereocenters. The number of carbonyl (C=O) groups is 3. The second kappa shape index (κ2) is 10.6. The van der Waals surface area contributed by atoms with Crippen LogP contribution in [0.1, 0.15) is 36.2 Å². The molecule has 3 amide bonds. The lowest BCUT2D eigenvalue weighted by Crippen LogP contribution is -2.44. The maximum Gasteiger partial charge on any atom is 0.317 e. The summed E-state index contributed by atoms with van der Waals surface area (Å²) in [4.78, 5) is 36.6. The zero-order valence-electron chi connectivity index (χ0n) is 16.8. The molecular weight excluding hydrogens is 418 g/mol. The van der Waals surface area contributed by atoms with Crippen molar-refractivity contribution in [3.05, 3.63) is 65.2 Å². The molecule has 2 aromatic rings. The Morgan fingerprint density at radius 1 is 1.00 bits per heavy atom. The van der Waals surface area contributed by atoms with Crippen LogP contribution in [0.25, 0.3) is 0 Å². The molecule has 2 N–H and O–H groups in total. The largest absolute Gasteiger partial charge is 0.317 e. The summed E-state index contributed by atoms with van der Waals surface area (Å²) in [5.74, 6) is -4.43. The Morgan fingerprint density at radius 2 is 1.71 bits per heavy atom. The van der Waals surface area contributed by atoms with E-state index in [0.29, 0.717) is 0 Å². The van der Waals surface area contributed by atoms with Gasteiger partial charge in [0.1, 0.15) is 11.6 Å². The highest BCUT2D eigenvalue weighted by molar-refractivity contribution is 5.96. The van der Waals surface area contributed by atoms with Crippen LogP contribution in [0.3, 0.4) is 0 Å². The van der Waals surface area contributed by atoms with E-state index < -0.39 is 29.9 Å². The average Bonchev–Trinajstić information content (AvgIpc) is 2.69. The fourth-order valence-corrected chi connectivity index (χ4v) is 2.66. The molecule has 0 radical (unpaired) electrons. The topological polar surface area (TPSA) is 78.5 Å². The Morgan fingerprint density at radius 3 is 2.29 bits per heavy atom. The van der Waals surface area contributed by atoms with E-state index in [1.54, 1.807) is 5.43 Å². The Labute approximate surface area is 176 Å². The number of hydrogen-bond donors (Lipinski definition) is 2. The monoisotopic (exact) mass is 439 g/mol. The van der Waals surface area contributed by atoms with Crippen LogP contribution >= 0.6 is 0 Å². The summed E-state index contributed by atoms with van der Waals surface area (Å²) >= 11 is 0. The third kappa shape index (κ3) is 6.80. The molecule has 0 aromatic heterocycles. The van der Waals surface area contributed by atoms with Gasteiger partial charge in [-0.1, -0.05) is 26.0 Å². The van der Waals surface area contributed by atoms with Gasteiger partial charge >= 0.3 is 12.3 Å². The van der Waals surface area contributed by atoms with E-state index in [4.69, 9.17) is 0 Å². The Kier molecular flexibility index (Phi) is 8.12. The molecule has 0 bridgehead atoms. The second-order valence-electron chi connectivity index (χ2n) is 7.11. The first-order chi connectivity index (χ1) is 14.6. The van der Waals surface area contributed by atoms with Crippen LogP contribution in [-0.2, 0) is 16.1 Å². The molecule has 10 heteroatoms. The van der Waals surface area contributed by atoms with Gasteiger partial charge in [-0.15, -0.1) is 0 Å². The SMILES string of the molecule is CC(C)CC(=O)N(Cc1ccc(C(=O)NNC(=O)C(F)F)cc1F)c1cccc(F)c1. The van der Waals surface area contributed by atoms with E-state index in [9.17, 15) is 31.9 Å². The smallest absolute Gasteiger partial charge is 0.308 e. The highest BCUT2D eigenvalue weighted by Gasteiger charge is 2.21. The van der Waals surface area contributed by atoms with Crippen molar-refractivity contribution in [2.24, 2.45) is 5.92 Å². The van der Waals surface area contributed by atoms with Crippen molar-refractivity contribution >= 4 is 23.4 Å². The molecule has 0 fully saturated rings. The third-order valence-electron chi connectivity index (χ3n) is 4.14. The zero-order valence-corrected chi connectivity index (χ0v) is 16.8. The minimum absolute atomic E-state index is 0.0166. The van der Waals surface area contributed by atoms with Crippen LogP contribution in [0.5, 0.6) is 0 Å². The van der Waals surface area contributed by atoms with Gasteiger partial charge in [0.25, 0.3) is 5.91 Å². The Hall–Kier alpha value is -3.43. The summed E-state index contributed by atoms with van der Waals surface area (Å²) in [6, 6.07) is 8.62. The molecule has 0 aliphatic heterocycles. The number of amides is 3. The molecule has 0 spiro atoms. The van der Waals surface area contributed by atoms with Crippen molar-refractivity contribution in [3.63, 3.8) is 0 Å². The van der Waals surface area contributed by atoms with Crippen LogP contribution in [-0.4, -0.2) is 24.1 Å². The van der Waals surface area contributed by atoms with E-state index in [1.807, 2.05) is 13.8 Å². The number of alkyl halides is 2. The first-order valence-corrected chi connectivity index (χ1v) is 9.31.